The lowest BCUT2D eigenvalue weighted by Gasteiger charge is -2.22. The van der Waals surface area contributed by atoms with E-state index in [4.69, 9.17) is 24.1 Å². The summed E-state index contributed by atoms with van der Waals surface area (Å²) < 4.78 is 20.8. The first-order valence-electron chi connectivity index (χ1n) is 5.89. The molecule has 6 heteroatoms. The summed E-state index contributed by atoms with van der Waals surface area (Å²) in [4.78, 5) is 10.1. The first-order chi connectivity index (χ1) is 8.29. The minimum atomic E-state index is -0.970. The fourth-order valence-electron chi connectivity index (χ4n) is 1.46. The summed E-state index contributed by atoms with van der Waals surface area (Å²) >= 11 is 0. The molecule has 0 amide bonds. The van der Waals surface area contributed by atoms with Gasteiger partial charge in [-0.3, -0.25) is 0 Å². The lowest BCUT2D eigenvalue weighted by molar-refractivity contribution is -0.169. The van der Waals surface area contributed by atoms with Gasteiger partial charge in [-0.15, -0.1) is 0 Å². The maximum Gasteiger partial charge on any atom is 0.329 e. The SMILES string of the molecule is O=C(O)COCCOCCOC1CCCCO1. The van der Waals surface area contributed by atoms with Gasteiger partial charge in [0.15, 0.2) is 6.29 Å². The zero-order valence-corrected chi connectivity index (χ0v) is 9.93. The molecule has 0 aromatic rings. The van der Waals surface area contributed by atoms with Crippen molar-refractivity contribution in [1.29, 1.82) is 0 Å². The molecule has 6 nitrogen and oxygen atoms in total. The minimum Gasteiger partial charge on any atom is -0.480 e. The number of hydrogen-bond donors (Lipinski definition) is 1. The van der Waals surface area contributed by atoms with E-state index in [1.807, 2.05) is 0 Å². The third-order valence-electron chi connectivity index (χ3n) is 2.27. The van der Waals surface area contributed by atoms with E-state index in [-0.39, 0.29) is 19.5 Å². The predicted octanol–water partition coefficient (Wildman–Crippen LogP) is 0.647. The van der Waals surface area contributed by atoms with Crippen LogP contribution in [-0.4, -0.2) is 57.0 Å². The molecule has 0 saturated carbocycles. The third kappa shape index (κ3) is 8.09. The molecule has 1 atom stereocenters. The molecule has 1 saturated heterocycles. The first-order valence-corrected chi connectivity index (χ1v) is 5.89. The van der Waals surface area contributed by atoms with Crippen LogP contribution in [0.15, 0.2) is 0 Å². The van der Waals surface area contributed by atoms with Crippen molar-refractivity contribution in [2.75, 3.05) is 39.6 Å². The Morgan fingerprint density at radius 1 is 1.18 bits per heavy atom. The van der Waals surface area contributed by atoms with Crippen LogP contribution in [0.2, 0.25) is 0 Å². The lowest BCUT2D eigenvalue weighted by Crippen LogP contribution is -2.24. The van der Waals surface area contributed by atoms with E-state index in [0.29, 0.717) is 19.8 Å². The minimum absolute atomic E-state index is 0.0874. The third-order valence-corrected chi connectivity index (χ3v) is 2.27. The number of ether oxygens (including phenoxy) is 4. The number of hydrogen-bond acceptors (Lipinski definition) is 5. The highest BCUT2D eigenvalue weighted by atomic mass is 16.7. The van der Waals surface area contributed by atoms with Crippen LogP contribution in [0.4, 0.5) is 0 Å². The van der Waals surface area contributed by atoms with Crippen molar-refractivity contribution in [2.24, 2.45) is 0 Å². The second-order valence-corrected chi connectivity index (χ2v) is 3.73. The molecule has 1 aliphatic heterocycles. The Hall–Kier alpha value is -0.690. The summed E-state index contributed by atoms with van der Waals surface area (Å²) in [5.41, 5.74) is 0. The monoisotopic (exact) mass is 248 g/mol. The van der Waals surface area contributed by atoms with E-state index >= 15 is 0 Å². The van der Waals surface area contributed by atoms with Crippen molar-refractivity contribution < 1.29 is 28.8 Å². The van der Waals surface area contributed by atoms with Crippen molar-refractivity contribution in [3.63, 3.8) is 0 Å². The van der Waals surface area contributed by atoms with Gasteiger partial charge in [-0.2, -0.15) is 0 Å². The van der Waals surface area contributed by atoms with Crippen LogP contribution >= 0.6 is 0 Å². The van der Waals surface area contributed by atoms with Crippen LogP contribution in [0.25, 0.3) is 0 Å². The normalized spacial score (nSPS) is 20.4. The number of rotatable bonds is 9. The zero-order chi connectivity index (χ0) is 12.3. The molecule has 0 aromatic heterocycles. The number of carbonyl (C=O) groups is 1. The molecule has 1 unspecified atom stereocenters. The Kier molecular flexibility index (Phi) is 7.91. The maximum absolute atomic E-state index is 10.1. The fraction of sp³-hybridized carbons (Fsp3) is 0.909. The molecule has 1 rings (SSSR count). The Morgan fingerprint density at radius 3 is 2.65 bits per heavy atom. The number of carboxylic acid groups (broad SMARTS) is 1. The van der Waals surface area contributed by atoms with Gasteiger partial charge in [-0.1, -0.05) is 0 Å². The Morgan fingerprint density at radius 2 is 1.94 bits per heavy atom. The van der Waals surface area contributed by atoms with E-state index < -0.39 is 5.97 Å². The van der Waals surface area contributed by atoms with Crippen molar-refractivity contribution in [1.82, 2.24) is 0 Å². The van der Waals surface area contributed by atoms with Crippen LogP contribution < -0.4 is 0 Å². The van der Waals surface area contributed by atoms with Gasteiger partial charge in [0.1, 0.15) is 6.61 Å². The van der Waals surface area contributed by atoms with Gasteiger partial charge in [-0.25, -0.2) is 4.79 Å². The maximum atomic E-state index is 10.1. The van der Waals surface area contributed by atoms with Gasteiger partial charge in [0.25, 0.3) is 0 Å². The largest absolute Gasteiger partial charge is 0.480 e. The van der Waals surface area contributed by atoms with E-state index in [1.54, 1.807) is 0 Å². The average molecular weight is 248 g/mol. The van der Waals surface area contributed by atoms with E-state index in [0.717, 1.165) is 25.9 Å². The van der Waals surface area contributed by atoms with Gasteiger partial charge < -0.3 is 24.1 Å². The summed E-state index contributed by atoms with van der Waals surface area (Å²) in [5, 5.41) is 8.30. The van der Waals surface area contributed by atoms with Gasteiger partial charge in [-0.05, 0) is 19.3 Å². The molecule has 0 bridgehead atoms. The molecule has 0 aromatic carbocycles. The topological polar surface area (TPSA) is 74.2 Å². The smallest absolute Gasteiger partial charge is 0.329 e. The molecule has 100 valence electrons. The number of aliphatic carboxylic acids is 1. The van der Waals surface area contributed by atoms with Crippen molar-refractivity contribution in [3.05, 3.63) is 0 Å². The van der Waals surface area contributed by atoms with Crippen molar-refractivity contribution >= 4 is 5.97 Å². The summed E-state index contributed by atoms with van der Waals surface area (Å²) in [6.07, 6.45) is 3.11. The Balaban J connectivity index is 1.79. The highest BCUT2D eigenvalue weighted by molar-refractivity contribution is 5.67. The lowest BCUT2D eigenvalue weighted by atomic mass is 10.2. The first kappa shape index (κ1) is 14.4. The standard InChI is InChI=1S/C11H20O6/c12-10(13)9-15-6-5-14-7-8-17-11-3-1-2-4-16-11/h11H,1-9H2,(H,12,13). The molecule has 0 aliphatic carbocycles. The summed E-state index contributed by atoms with van der Waals surface area (Å²) in [5.74, 6) is -0.970. The van der Waals surface area contributed by atoms with Crippen LogP contribution in [0.5, 0.6) is 0 Å². The van der Waals surface area contributed by atoms with Crippen LogP contribution in [-0.2, 0) is 23.7 Å². The average Bonchev–Trinajstić information content (AvgIpc) is 2.33. The fourth-order valence-corrected chi connectivity index (χ4v) is 1.46. The molecule has 0 radical (unpaired) electrons. The molecule has 0 spiro atoms. The van der Waals surface area contributed by atoms with E-state index in [9.17, 15) is 4.79 Å². The molecular weight excluding hydrogens is 228 g/mol. The molecule has 1 fully saturated rings. The second-order valence-electron chi connectivity index (χ2n) is 3.73. The molecule has 1 aliphatic rings. The summed E-state index contributed by atoms with van der Waals surface area (Å²) in [7, 11) is 0. The quantitative estimate of drug-likeness (QED) is 0.604. The highest BCUT2D eigenvalue weighted by Crippen LogP contribution is 2.13. The van der Waals surface area contributed by atoms with Gasteiger partial charge >= 0.3 is 5.97 Å². The van der Waals surface area contributed by atoms with Crippen molar-refractivity contribution in [2.45, 2.75) is 25.6 Å². The molecule has 1 heterocycles. The van der Waals surface area contributed by atoms with E-state index in [1.165, 1.54) is 0 Å². The zero-order valence-electron chi connectivity index (χ0n) is 9.93. The van der Waals surface area contributed by atoms with E-state index in [2.05, 4.69) is 0 Å². The van der Waals surface area contributed by atoms with Crippen LogP contribution in [0.1, 0.15) is 19.3 Å². The highest BCUT2D eigenvalue weighted by Gasteiger charge is 2.13. The molecule has 1 N–H and O–H groups in total. The molecular formula is C11H20O6. The second kappa shape index (κ2) is 9.35. The van der Waals surface area contributed by atoms with Gasteiger partial charge in [0.2, 0.25) is 0 Å². The summed E-state index contributed by atoms with van der Waals surface area (Å²) in [6, 6.07) is 0. The van der Waals surface area contributed by atoms with Gasteiger partial charge in [0, 0.05) is 6.61 Å². The number of carboxylic acids is 1. The predicted molar refractivity (Wildman–Crippen MR) is 58.8 cm³/mol. The van der Waals surface area contributed by atoms with Gasteiger partial charge in [0.05, 0.1) is 26.4 Å². The van der Waals surface area contributed by atoms with Crippen LogP contribution in [0.3, 0.4) is 0 Å². The Labute approximate surface area is 101 Å². The Bertz CT molecular complexity index is 202. The van der Waals surface area contributed by atoms with Crippen molar-refractivity contribution in [3.8, 4) is 0 Å². The molecule has 17 heavy (non-hydrogen) atoms. The van der Waals surface area contributed by atoms with Crippen LogP contribution in [0, 0.1) is 0 Å². The summed E-state index contributed by atoms with van der Waals surface area (Å²) in [6.45, 7) is 2.11.